The van der Waals surface area contributed by atoms with E-state index in [2.05, 4.69) is 15.7 Å². The van der Waals surface area contributed by atoms with Crippen molar-refractivity contribution in [3.63, 3.8) is 0 Å². The number of alkyl halides is 1. The monoisotopic (exact) mass is 654 g/mol. The van der Waals surface area contributed by atoms with Crippen LogP contribution in [0.4, 0.5) is 9.59 Å². The minimum Gasteiger partial charge on any atom is -0.543 e. The first-order valence-corrected chi connectivity index (χ1v) is 14.4. The fraction of sp³-hybridized carbons (Fsp3) is 0.346. The van der Waals surface area contributed by atoms with Crippen LogP contribution in [0.2, 0.25) is 0 Å². The molecule has 44 heavy (non-hydrogen) atoms. The maximum atomic E-state index is 13.5. The number of thioether (sulfide) groups is 1. The summed E-state index contributed by atoms with van der Waals surface area (Å²) in [7, 11) is 0. The van der Waals surface area contributed by atoms with Crippen molar-refractivity contribution in [3.8, 4) is 0 Å². The molecule has 4 heterocycles. The number of hydrazone groups is 1. The molecule has 0 aromatic heterocycles. The summed E-state index contributed by atoms with van der Waals surface area (Å²) < 4.78 is 10.1. The van der Waals surface area contributed by atoms with Gasteiger partial charge in [0.05, 0.1) is 24.8 Å². The molecule has 1 aromatic rings. The van der Waals surface area contributed by atoms with E-state index in [1.54, 1.807) is 30.3 Å². The Hall–Kier alpha value is -3.57. The van der Waals surface area contributed by atoms with Crippen molar-refractivity contribution >= 4 is 65.1 Å². The number of fused-ring (bicyclic) bond motifs is 1. The average molecular weight is 655 g/mol. The molecule has 0 radical (unpaired) electrons. The van der Waals surface area contributed by atoms with Crippen molar-refractivity contribution in [1.82, 2.24) is 25.4 Å². The van der Waals surface area contributed by atoms with E-state index >= 15 is 0 Å². The number of carboxylic acid groups (broad SMARTS) is 1. The molecule has 4 atom stereocenters. The Morgan fingerprint density at radius 3 is 2.57 bits per heavy atom. The van der Waals surface area contributed by atoms with Gasteiger partial charge in [0.1, 0.15) is 24.1 Å². The molecule has 4 aliphatic rings. The molecule has 2 fully saturated rings. The Kier molecular flexibility index (Phi) is 10.6. The molecule has 3 unspecified atom stereocenters. The van der Waals surface area contributed by atoms with Gasteiger partial charge in [-0.3, -0.25) is 19.3 Å². The fourth-order valence-corrected chi connectivity index (χ4v) is 6.18. The van der Waals surface area contributed by atoms with E-state index in [4.69, 9.17) is 21.1 Å². The first-order chi connectivity index (χ1) is 20.5. The van der Waals surface area contributed by atoms with E-state index in [0.717, 1.165) is 14.8 Å². The number of aliphatic carboxylic acids is 1. The van der Waals surface area contributed by atoms with E-state index in [-0.39, 0.29) is 66.5 Å². The van der Waals surface area contributed by atoms with Crippen LogP contribution >= 0.6 is 23.4 Å². The minimum atomic E-state index is -1.62. The average Bonchev–Trinajstić information content (AvgIpc) is 3.57. The van der Waals surface area contributed by atoms with Crippen LogP contribution in [0.15, 0.2) is 58.9 Å². The number of β-lactam (4-membered cyclic amide) rings is 1. The maximum absolute atomic E-state index is 13.5. The number of nitrogens with one attached hydrogen (secondary N) is 2. The molecular weight excluding hydrogens is 631 g/mol. The number of nitrogens with zero attached hydrogens (tertiary/aromatic N) is 4. The second-order valence-electron chi connectivity index (χ2n) is 9.53. The Morgan fingerprint density at radius 1 is 1.20 bits per heavy atom. The molecule has 4 aliphatic heterocycles. The molecule has 0 aliphatic carbocycles. The van der Waals surface area contributed by atoms with Crippen LogP contribution < -0.4 is 45.3 Å². The molecule has 6 amide bonds. The molecule has 0 spiro atoms. The fourth-order valence-electron chi connectivity index (χ4n) is 4.69. The molecule has 226 valence electrons. The molecule has 1 aromatic carbocycles. The number of imide groups is 1. The van der Waals surface area contributed by atoms with Gasteiger partial charge in [0.25, 0.3) is 5.91 Å². The van der Waals surface area contributed by atoms with Gasteiger partial charge >= 0.3 is 47.6 Å². The zero-order valence-electron chi connectivity index (χ0n) is 23.4. The van der Waals surface area contributed by atoms with Gasteiger partial charge in [-0.2, -0.15) is 0 Å². The number of benzene rings is 1. The molecule has 18 heteroatoms. The summed E-state index contributed by atoms with van der Waals surface area (Å²) in [6.45, 7) is 0.892. The first kappa shape index (κ1) is 33.3. The number of halogens is 1. The normalized spacial score (nSPS) is 23.8. The summed E-state index contributed by atoms with van der Waals surface area (Å²) in [5, 5.41) is 21.3. The van der Waals surface area contributed by atoms with Crippen molar-refractivity contribution in [2.24, 2.45) is 5.10 Å². The minimum absolute atomic E-state index is 0. The van der Waals surface area contributed by atoms with Crippen LogP contribution in [0, 0.1) is 0 Å². The van der Waals surface area contributed by atoms with Crippen molar-refractivity contribution in [2.75, 3.05) is 25.4 Å². The molecule has 15 nitrogen and oxygen atoms in total. The third-order valence-corrected chi connectivity index (χ3v) is 8.30. The quantitative estimate of drug-likeness (QED) is 0.124. The van der Waals surface area contributed by atoms with Gasteiger partial charge < -0.3 is 30.0 Å². The van der Waals surface area contributed by atoms with Gasteiger partial charge in [0.15, 0.2) is 5.56 Å². The number of rotatable bonds is 8. The van der Waals surface area contributed by atoms with Crippen LogP contribution in [0.1, 0.15) is 18.5 Å². The van der Waals surface area contributed by atoms with Gasteiger partial charge in [-0.15, -0.1) is 16.9 Å². The van der Waals surface area contributed by atoms with Crippen LogP contribution in [0.3, 0.4) is 0 Å². The Bertz CT molecular complexity index is 1470. The van der Waals surface area contributed by atoms with E-state index in [1.807, 2.05) is 0 Å². The number of urea groups is 2. The first-order valence-electron chi connectivity index (χ1n) is 12.9. The van der Waals surface area contributed by atoms with E-state index in [1.165, 1.54) is 30.8 Å². The topological polar surface area (TPSA) is 190 Å². The summed E-state index contributed by atoms with van der Waals surface area (Å²) in [6, 6.07) is 4.12. The number of carboxylic acids is 1. The Labute approximate surface area is 281 Å². The number of hydrogen-bond acceptors (Lipinski definition) is 11. The van der Waals surface area contributed by atoms with Crippen LogP contribution in [-0.2, 0) is 28.7 Å². The number of carbonyl (C=O) groups is 6. The largest absolute Gasteiger partial charge is 1.00 e. The third-order valence-electron chi connectivity index (χ3n) is 6.73. The SMILES string of the molecule is CC(=O)OCC1=C(C(=O)[O-])N2C(=O)C(NC(=O)C(NC(=O)N3CCN(N=C4C=CC(Cl)O4)C3=O)c3ccccc3)[C@@H]2SC1.[Na+]. The second kappa shape index (κ2) is 14.0. The second-order valence-corrected chi connectivity index (χ2v) is 11.1. The maximum Gasteiger partial charge on any atom is 1.00 e. The van der Waals surface area contributed by atoms with E-state index in [9.17, 15) is 33.9 Å². The Morgan fingerprint density at radius 2 is 1.93 bits per heavy atom. The predicted octanol–water partition coefficient (Wildman–Crippen LogP) is -3.39. The van der Waals surface area contributed by atoms with Crippen molar-refractivity contribution < 1.29 is 72.9 Å². The number of esters is 1. The van der Waals surface area contributed by atoms with E-state index in [0.29, 0.717) is 5.56 Å². The molecular formula is C26H24ClN6NaO9S. The van der Waals surface area contributed by atoms with E-state index < -0.39 is 64.5 Å². The van der Waals surface area contributed by atoms with Gasteiger partial charge in [0.2, 0.25) is 11.8 Å². The smallest absolute Gasteiger partial charge is 0.543 e. The standard InChI is InChI=1S/C26H25ClN6O9S.Na/c1-13(34)41-11-15-12-43-23-19(22(36)33(23)20(15)24(37)38)28-21(35)18(14-5-3-2-4-6-14)29-25(39)31-9-10-32(26(31)40)30-17-8-7-16(27)42-17;/h2-8,16,18-19,23H,9-12H2,1H3,(H,28,35)(H,29,39)(H,37,38);/q;+1/p-1/t16?,18?,19?,23-;/m0./s1. The molecule has 0 bridgehead atoms. The van der Waals surface area contributed by atoms with Crippen LogP contribution in [0.5, 0.6) is 0 Å². The summed E-state index contributed by atoms with van der Waals surface area (Å²) in [5.74, 6) is -3.49. The van der Waals surface area contributed by atoms with Gasteiger partial charge in [0, 0.05) is 24.3 Å². The van der Waals surface area contributed by atoms with Gasteiger partial charge in [-0.05, 0) is 11.6 Å². The molecule has 2 saturated heterocycles. The van der Waals surface area contributed by atoms with Gasteiger partial charge in [-0.1, -0.05) is 41.9 Å². The zero-order valence-corrected chi connectivity index (χ0v) is 27.0. The van der Waals surface area contributed by atoms with Crippen LogP contribution in [0.25, 0.3) is 0 Å². The Balaban J connectivity index is 0.00000442. The molecule has 5 rings (SSSR count). The van der Waals surface area contributed by atoms with Crippen molar-refractivity contribution in [1.29, 1.82) is 0 Å². The number of amides is 6. The van der Waals surface area contributed by atoms with Crippen LogP contribution in [-0.4, -0.2) is 98.9 Å². The summed E-state index contributed by atoms with van der Waals surface area (Å²) in [6.07, 6.45) is 3.02. The summed E-state index contributed by atoms with van der Waals surface area (Å²) >= 11 is 6.99. The summed E-state index contributed by atoms with van der Waals surface area (Å²) in [4.78, 5) is 77.5. The molecule has 2 N–H and O–H groups in total. The number of carbonyl (C=O) groups excluding carboxylic acids is 6. The predicted molar refractivity (Wildman–Crippen MR) is 148 cm³/mol. The van der Waals surface area contributed by atoms with Crippen molar-refractivity contribution in [3.05, 3.63) is 59.3 Å². The van der Waals surface area contributed by atoms with Crippen molar-refractivity contribution in [2.45, 2.75) is 29.9 Å². The number of hydrogen-bond donors (Lipinski definition) is 2. The molecule has 0 saturated carbocycles. The van der Waals surface area contributed by atoms with Gasteiger partial charge in [-0.25, -0.2) is 19.5 Å². The zero-order chi connectivity index (χ0) is 30.8. The number of ether oxygens (including phenoxy) is 2. The summed E-state index contributed by atoms with van der Waals surface area (Å²) in [5.41, 5.74) is -0.562. The third kappa shape index (κ3) is 6.89.